The average molecular weight is 493 g/mol. The number of rotatable bonds is 9. The highest BCUT2D eigenvalue weighted by atomic mass is 32.2. The van der Waals surface area contributed by atoms with Crippen LogP contribution in [0.2, 0.25) is 0 Å². The number of methoxy groups -OCH3 is 1. The highest BCUT2D eigenvalue weighted by Crippen LogP contribution is 2.50. The molecule has 2 rings (SSSR count). The summed E-state index contributed by atoms with van der Waals surface area (Å²) >= 11 is 0. The van der Waals surface area contributed by atoms with E-state index < -0.39 is 15.8 Å². The fourth-order valence-electron chi connectivity index (χ4n) is 3.89. The van der Waals surface area contributed by atoms with E-state index in [0.717, 1.165) is 24.0 Å². The molecule has 34 heavy (non-hydrogen) atoms. The van der Waals surface area contributed by atoms with E-state index in [1.807, 2.05) is 0 Å². The van der Waals surface area contributed by atoms with Crippen molar-refractivity contribution in [1.29, 1.82) is 0 Å². The van der Waals surface area contributed by atoms with E-state index in [2.05, 4.69) is 38.9 Å². The summed E-state index contributed by atoms with van der Waals surface area (Å²) in [6, 6.07) is 3.24. The van der Waals surface area contributed by atoms with E-state index in [4.69, 9.17) is 18.9 Å². The van der Waals surface area contributed by atoms with Crippen LogP contribution in [0.4, 0.5) is 0 Å². The van der Waals surface area contributed by atoms with Crippen LogP contribution in [-0.2, 0) is 39.7 Å². The predicted octanol–water partition coefficient (Wildman–Crippen LogP) is 4.28. The molecule has 1 aliphatic rings. The van der Waals surface area contributed by atoms with Crippen LogP contribution in [-0.4, -0.2) is 48.1 Å². The number of hydrogen-bond acceptors (Lipinski definition) is 7. The number of benzene rings is 1. The van der Waals surface area contributed by atoms with Crippen molar-refractivity contribution >= 4 is 15.8 Å². The van der Waals surface area contributed by atoms with Gasteiger partial charge >= 0.3 is 5.97 Å². The Morgan fingerprint density at radius 2 is 1.79 bits per heavy atom. The van der Waals surface area contributed by atoms with Crippen LogP contribution in [0, 0.1) is 11.2 Å². The van der Waals surface area contributed by atoms with E-state index in [1.54, 1.807) is 27.0 Å². The Bertz CT molecular complexity index is 1090. The molecule has 0 fully saturated rings. The quantitative estimate of drug-likeness (QED) is 0.127. The third-order valence-electron chi connectivity index (χ3n) is 5.90. The summed E-state index contributed by atoms with van der Waals surface area (Å²) in [5.74, 6) is 2.47. The second kappa shape index (κ2) is 11.4. The highest BCUT2D eigenvalue weighted by Gasteiger charge is 2.40. The minimum absolute atomic E-state index is 0.0249. The third kappa shape index (κ3) is 7.08. The van der Waals surface area contributed by atoms with Crippen LogP contribution < -0.4 is 4.74 Å². The summed E-state index contributed by atoms with van der Waals surface area (Å²) < 4.78 is 47.6. The third-order valence-corrected chi connectivity index (χ3v) is 7.13. The van der Waals surface area contributed by atoms with Crippen LogP contribution in [0.1, 0.15) is 65.5 Å². The summed E-state index contributed by atoms with van der Waals surface area (Å²) in [6.07, 6.45) is 3.03. The van der Waals surface area contributed by atoms with Crippen LogP contribution in [0.15, 0.2) is 28.7 Å². The van der Waals surface area contributed by atoms with Crippen molar-refractivity contribution in [2.24, 2.45) is 0 Å². The maximum absolute atomic E-state index is 13.2. The second-order valence-electron chi connectivity index (χ2n) is 9.58. The molecule has 0 spiro atoms. The fraction of sp³-hybridized carbons (Fsp3) is 0.577. The first-order valence-corrected chi connectivity index (χ1v) is 12.8. The van der Waals surface area contributed by atoms with Gasteiger partial charge in [0.25, 0.3) is 0 Å². The largest absolute Gasteiger partial charge is 0.467 e. The van der Waals surface area contributed by atoms with E-state index in [-0.39, 0.29) is 29.1 Å². The number of carbonyl (C=O) groups excluding carboxylic acids is 1. The van der Waals surface area contributed by atoms with Crippen LogP contribution in [0.5, 0.6) is 5.75 Å². The Kier molecular flexibility index (Phi) is 9.35. The molecule has 0 saturated carbocycles. The molecule has 0 radical (unpaired) electrons. The van der Waals surface area contributed by atoms with Crippen molar-refractivity contribution in [3.05, 3.63) is 34.9 Å². The van der Waals surface area contributed by atoms with E-state index >= 15 is 0 Å². The molecule has 7 nitrogen and oxygen atoms in total. The van der Waals surface area contributed by atoms with Crippen molar-refractivity contribution < 1.29 is 32.2 Å². The van der Waals surface area contributed by atoms with Crippen LogP contribution >= 0.6 is 0 Å². The molecule has 0 N–H and O–H groups in total. The lowest BCUT2D eigenvalue weighted by molar-refractivity contribution is -0.137. The van der Waals surface area contributed by atoms with Gasteiger partial charge in [0.1, 0.15) is 5.75 Å². The standard InChI is InChI=1S/C26H36O7S/c1-8-32-23(27)15-19(2)9-14-34(28,29)20-16-21-24(26(5,6)11-10-25(21,3)4)22(17-20)33-18-31-13-12-30-7/h15-17H,8,10-13,18H2,1-7H3/b19-15+. The number of ether oxygens (including phenoxy) is 4. The topological polar surface area (TPSA) is 88.1 Å². The second-order valence-corrected chi connectivity index (χ2v) is 11.3. The molecule has 0 unspecified atom stereocenters. The van der Waals surface area contributed by atoms with Gasteiger partial charge in [-0.1, -0.05) is 33.6 Å². The van der Waals surface area contributed by atoms with Gasteiger partial charge in [0.15, 0.2) is 6.79 Å². The molecule has 1 aromatic carbocycles. The number of esters is 1. The monoisotopic (exact) mass is 492 g/mol. The van der Waals surface area contributed by atoms with Crippen LogP contribution in [0.25, 0.3) is 0 Å². The summed E-state index contributed by atoms with van der Waals surface area (Å²) in [5, 5.41) is 2.33. The fourth-order valence-corrected chi connectivity index (χ4v) is 4.83. The van der Waals surface area contributed by atoms with Gasteiger partial charge in [0.2, 0.25) is 9.84 Å². The average Bonchev–Trinajstić information content (AvgIpc) is 2.75. The molecule has 1 aromatic rings. The van der Waals surface area contributed by atoms with Gasteiger partial charge in [0.05, 0.1) is 24.7 Å². The van der Waals surface area contributed by atoms with Gasteiger partial charge < -0.3 is 18.9 Å². The van der Waals surface area contributed by atoms with Gasteiger partial charge in [-0.25, -0.2) is 13.2 Å². The van der Waals surface area contributed by atoms with Gasteiger partial charge in [-0.15, -0.1) is 0 Å². The van der Waals surface area contributed by atoms with Crippen molar-refractivity contribution in [2.45, 2.75) is 70.1 Å². The van der Waals surface area contributed by atoms with Gasteiger partial charge in [-0.05, 0) is 49.1 Å². The molecule has 1 aliphatic carbocycles. The number of allylic oxidation sites excluding steroid dienone is 1. The highest BCUT2D eigenvalue weighted by molar-refractivity contribution is 7.96. The summed E-state index contributed by atoms with van der Waals surface area (Å²) in [5.41, 5.74) is 1.78. The molecule has 0 amide bonds. The lowest BCUT2D eigenvalue weighted by atomic mass is 9.63. The molecule has 0 heterocycles. The number of carbonyl (C=O) groups is 1. The summed E-state index contributed by atoms with van der Waals surface area (Å²) in [4.78, 5) is 11.7. The summed E-state index contributed by atoms with van der Waals surface area (Å²) in [7, 11) is -2.39. The predicted molar refractivity (Wildman–Crippen MR) is 130 cm³/mol. The molecule has 8 heteroatoms. The minimum atomic E-state index is -3.98. The van der Waals surface area contributed by atoms with Crippen molar-refractivity contribution in [1.82, 2.24) is 0 Å². The maximum atomic E-state index is 13.2. The Labute approximate surface area is 203 Å². The minimum Gasteiger partial charge on any atom is -0.467 e. The van der Waals surface area contributed by atoms with Crippen molar-refractivity contribution in [3.63, 3.8) is 0 Å². The molecule has 0 aliphatic heterocycles. The van der Waals surface area contributed by atoms with Gasteiger partial charge in [-0.2, -0.15) is 0 Å². The zero-order chi connectivity index (χ0) is 25.6. The zero-order valence-corrected chi connectivity index (χ0v) is 22.1. The smallest absolute Gasteiger partial charge is 0.331 e. The Hall–Kier alpha value is -2.34. The molecular formula is C26H36O7S. The summed E-state index contributed by atoms with van der Waals surface area (Å²) in [6.45, 7) is 12.7. The van der Waals surface area contributed by atoms with E-state index in [0.29, 0.717) is 24.5 Å². The molecule has 0 saturated heterocycles. The van der Waals surface area contributed by atoms with Crippen molar-refractivity contribution in [3.8, 4) is 16.9 Å². The zero-order valence-electron chi connectivity index (χ0n) is 21.2. The van der Waals surface area contributed by atoms with Gasteiger partial charge in [-0.3, -0.25) is 0 Å². The lowest BCUT2D eigenvalue weighted by Gasteiger charge is -2.42. The first-order chi connectivity index (χ1) is 15.8. The van der Waals surface area contributed by atoms with E-state index in [1.165, 1.54) is 12.1 Å². The lowest BCUT2D eigenvalue weighted by Crippen LogP contribution is -2.34. The van der Waals surface area contributed by atoms with Gasteiger partial charge in [0, 0.05) is 35.6 Å². The Balaban J connectivity index is 2.52. The first-order valence-electron chi connectivity index (χ1n) is 11.4. The Morgan fingerprint density at radius 3 is 2.44 bits per heavy atom. The van der Waals surface area contributed by atoms with E-state index in [9.17, 15) is 13.2 Å². The first kappa shape index (κ1) is 27.9. The molecule has 0 bridgehead atoms. The molecular weight excluding hydrogens is 456 g/mol. The number of sulfone groups is 1. The molecule has 0 aromatic heterocycles. The molecule has 188 valence electrons. The normalized spacial score (nSPS) is 16.7. The Morgan fingerprint density at radius 1 is 1.12 bits per heavy atom. The molecule has 0 atom stereocenters. The maximum Gasteiger partial charge on any atom is 0.331 e. The number of fused-ring (bicyclic) bond motifs is 1. The number of hydrogen-bond donors (Lipinski definition) is 0. The van der Waals surface area contributed by atoms with Crippen LogP contribution in [0.3, 0.4) is 0 Å². The SMILES string of the molecule is CCOC(=O)/C=C(\C)C#CS(=O)(=O)c1cc(OCOCCOC)c2c(c1)C(C)(C)CCC2(C)C. The van der Waals surface area contributed by atoms with Crippen molar-refractivity contribution in [2.75, 3.05) is 33.7 Å².